The Balaban J connectivity index is 1.84. The summed E-state index contributed by atoms with van der Waals surface area (Å²) in [5, 5.41) is 10.0. The summed E-state index contributed by atoms with van der Waals surface area (Å²) in [4.78, 5) is 12.4. The Labute approximate surface area is 118 Å². The highest BCUT2D eigenvalue weighted by Crippen LogP contribution is 2.26. The van der Waals surface area contributed by atoms with Crippen molar-refractivity contribution >= 4 is 16.7 Å². The van der Waals surface area contributed by atoms with Crippen LogP contribution in [0.4, 0.5) is 0 Å². The maximum absolute atomic E-state index is 12.4. The van der Waals surface area contributed by atoms with Crippen LogP contribution >= 0.6 is 0 Å². The van der Waals surface area contributed by atoms with E-state index in [4.69, 9.17) is 5.26 Å². The molecule has 102 valence electrons. The first-order valence-corrected chi connectivity index (χ1v) is 7.30. The van der Waals surface area contributed by atoms with Crippen molar-refractivity contribution in [3.05, 3.63) is 36.0 Å². The largest absolute Gasteiger partial charge is 0.340 e. The van der Waals surface area contributed by atoms with Gasteiger partial charge in [0, 0.05) is 23.0 Å². The van der Waals surface area contributed by atoms with Crippen molar-refractivity contribution < 1.29 is 4.79 Å². The third-order valence-corrected chi connectivity index (χ3v) is 4.32. The third-order valence-electron chi connectivity index (χ3n) is 4.32. The highest BCUT2D eigenvalue weighted by Gasteiger charge is 2.21. The van der Waals surface area contributed by atoms with Gasteiger partial charge in [0.1, 0.15) is 0 Å². The molecule has 3 heteroatoms. The molecule has 0 aliphatic heterocycles. The standard InChI is InChI=1S/C17H18N2O/c18-11-14-7-4-8-16-15(14)9-10-19(16)12-17(20)13-5-2-1-3-6-13/h4,7-10,13H,1-3,5-6,12H2. The molecule has 0 N–H and O–H groups in total. The molecule has 1 aromatic carbocycles. The van der Waals surface area contributed by atoms with Crippen LogP contribution < -0.4 is 0 Å². The SMILES string of the molecule is N#Cc1cccc2c1ccn2CC(=O)C1CCCCC1. The van der Waals surface area contributed by atoms with Crippen LogP contribution in [0.2, 0.25) is 0 Å². The molecule has 1 fully saturated rings. The van der Waals surface area contributed by atoms with Crippen LogP contribution in [0.3, 0.4) is 0 Å². The number of benzene rings is 1. The van der Waals surface area contributed by atoms with E-state index in [1.165, 1.54) is 19.3 Å². The maximum atomic E-state index is 12.4. The first kappa shape index (κ1) is 12.9. The molecule has 20 heavy (non-hydrogen) atoms. The number of hydrogen-bond acceptors (Lipinski definition) is 2. The van der Waals surface area contributed by atoms with E-state index in [9.17, 15) is 4.79 Å². The molecule has 1 heterocycles. The number of ketones is 1. The Morgan fingerprint density at radius 1 is 1.25 bits per heavy atom. The van der Waals surface area contributed by atoms with Gasteiger partial charge in [0.25, 0.3) is 0 Å². The van der Waals surface area contributed by atoms with Crippen molar-refractivity contribution in [3.8, 4) is 6.07 Å². The molecule has 1 aliphatic carbocycles. The lowest BCUT2D eigenvalue weighted by Gasteiger charge is -2.20. The van der Waals surface area contributed by atoms with Gasteiger partial charge in [-0.1, -0.05) is 25.3 Å². The highest BCUT2D eigenvalue weighted by molar-refractivity contribution is 5.88. The second-order valence-corrected chi connectivity index (χ2v) is 5.60. The number of carbonyl (C=O) groups is 1. The van der Waals surface area contributed by atoms with Crippen LogP contribution in [0.5, 0.6) is 0 Å². The predicted molar refractivity (Wildman–Crippen MR) is 78.2 cm³/mol. The Kier molecular flexibility index (Phi) is 3.56. The zero-order valence-electron chi connectivity index (χ0n) is 11.5. The van der Waals surface area contributed by atoms with Crippen molar-refractivity contribution in [2.45, 2.75) is 38.6 Å². The average molecular weight is 266 g/mol. The van der Waals surface area contributed by atoms with Gasteiger partial charge >= 0.3 is 0 Å². The third kappa shape index (κ3) is 2.34. The number of hydrogen-bond donors (Lipinski definition) is 0. The molecule has 0 saturated heterocycles. The molecular formula is C17H18N2O. The fourth-order valence-electron chi connectivity index (χ4n) is 3.18. The quantitative estimate of drug-likeness (QED) is 0.851. The van der Waals surface area contributed by atoms with Gasteiger partial charge in [-0.2, -0.15) is 5.26 Å². The van der Waals surface area contributed by atoms with Gasteiger partial charge < -0.3 is 4.57 Å². The van der Waals surface area contributed by atoms with Gasteiger partial charge in [-0.3, -0.25) is 4.79 Å². The summed E-state index contributed by atoms with van der Waals surface area (Å²) in [5.41, 5.74) is 1.65. The molecular weight excluding hydrogens is 248 g/mol. The molecule has 3 rings (SSSR count). The van der Waals surface area contributed by atoms with Crippen molar-refractivity contribution in [2.24, 2.45) is 5.92 Å². The van der Waals surface area contributed by atoms with Crippen LogP contribution in [-0.2, 0) is 11.3 Å². The van der Waals surface area contributed by atoms with E-state index in [1.807, 2.05) is 35.0 Å². The van der Waals surface area contributed by atoms with Crippen LogP contribution in [-0.4, -0.2) is 10.4 Å². The van der Waals surface area contributed by atoms with E-state index in [-0.39, 0.29) is 5.92 Å². The summed E-state index contributed by atoms with van der Waals surface area (Å²) in [6.07, 6.45) is 7.64. The molecule has 3 nitrogen and oxygen atoms in total. The Morgan fingerprint density at radius 3 is 2.80 bits per heavy atom. The number of Topliss-reactive ketones (excluding diaryl/α,β-unsaturated/α-hetero) is 1. The Morgan fingerprint density at radius 2 is 2.05 bits per heavy atom. The number of nitrogens with zero attached hydrogens (tertiary/aromatic N) is 2. The number of fused-ring (bicyclic) bond motifs is 1. The summed E-state index contributed by atoms with van der Waals surface area (Å²) in [6.45, 7) is 0.434. The van der Waals surface area contributed by atoms with Crippen LogP contribution in [0.25, 0.3) is 10.9 Å². The normalized spacial score (nSPS) is 16.1. The molecule has 0 unspecified atom stereocenters. The topological polar surface area (TPSA) is 45.8 Å². The lowest BCUT2D eigenvalue weighted by atomic mass is 9.86. The van der Waals surface area contributed by atoms with E-state index < -0.39 is 0 Å². The summed E-state index contributed by atoms with van der Waals surface area (Å²) in [7, 11) is 0. The highest BCUT2D eigenvalue weighted by atomic mass is 16.1. The fourth-order valence-corrected chi connectivity index (χ4v) is 3.18. The van der Waals surface area contributed by atoms with E-state index >= 15 is 0 Å². The summed E-state index contributed by atoms with van der Waals surface area (Å²) >= 11 is 0. The molecule has 0 bridgehead atoms. The van der Waals surface area contributed by atoms with Gasteiger partial charge in [0.05, 0.1) is 18.2 Å². The van der Waals surface area contributed by atoms with Gasteiger partial charge in [-0.25, -0.2) is 0 Å². The van der Waals surface area contributed by atoms with E-state index in [1.54, 1.807) is 0 Å². The summed E-state index contributed by atoms with van der Waals surface area (Å²) in [5.74, 6) is 0.574. The minimum absolute atomic E-state index is 0.236. The molecule has 1 aromatic heterocycles. The predicted octanol–water partition coefficient (Wildman–Crippen LogP) is 3.66. The van der Waals surface area contributed by atoms with Crippen LogP contribution in [0.1, 0.15) is 37.7 Å². The minimum atomic E-state index is 0.236. The molecule has 0 spiro atoms. The van der Waals surface area contributed by atoms with E-state index in [0.29, 0.717) is 17.9 Å². The second-order valence-electron chi connectivity index (χ2n) is 5.60. The number of nitriles is 1. The fraction of sp³-hybridized carbons (Fsp3) is 0.412. The molecule has 0 radical (unpaired) electrons. The van der Waals surface area contributed by atoms with Crippen molar-refractivity contribution in [3.63, 3.8) is 0 Å². The van der Waals surface area contributed by atoms with Crippen LogP contribution in [0.15, 0.2) is 30.5 Å². The number of aromatic nitrogens is 1. The average Bonchev–Trinajstić information content (AvgIpc) is 2.91. The second kappa shape index (κ2) is 5.50. The number of carbonyl (C=O) groups excluding carboxylic acids is 1. The first-order chi connectivity index (χ1) is 9.79. The molecule has 0 atom stereocenters. The minimum Gasteiger partial charge on any atom is -0.340 e. The summed E-state index contributed by atoms with van der Waals surface area (Å²) in [6, 6.07) is 9.80. The Hall–Kier alpha value is -2.08. The number of rotatable bonds is 3. The van der Waals surface area contributed by atoms with Gasteiger partial charge in [-0.05, 0) is 31.0 Å². The van der Waals surface area contributed by atoms with Gasteiger partial charge in [0.2, 0.25) is 0 Å². The monoisotopic (exact) mass is 266 g/mol. The zero-order valence-corrected chi connectivity index (χ0v) is 11.5. The molecule has 2 aromatic rings. The zero-order chi connectivity index (χ0) is 13.9. The summed E-state index contributed by atoms with van der Waals surface area (Å²) < 4.78 is 1.98. The van der Waals surface area contributed by atoms with Gasteiger partial charge in [0.15, 0.2) is 5.78 Å². The van der Waals surface area contributed by atoms with E-state index in [2.05, 4.69) is 6.07 Å². The molecule has 0 amide bonds. The van der Waals surface area contributed by atoms with E-state index in [0.717, 1.165) is 23.7 Å². The van der Waals surface area contributed by atoms with Crippen molar-refractivity contribution in [1.29, 1.82) is 5.26 Å². The molecule has 1 aliphatic rings. The Bertz CT molecular complexity index is 672. The first-order valence-electron chi connectivity index (χ1n) is 7.30. The van der Waals surface area contributed by atoms with Gasteiger partial charge in [-0.15, -0.1) is 0 Å². The lowest BCUT2D eigenvalue weighted by Crippen LogP contribution is -2.22. The van der Waals surface area contributed by atoms with Crippen molar-refractivity contribution in [1.82, 2.24) is 4.57 Å². The molecule has 1 saturated carbocycles. The maximum Gasteiger partial charge on any atom is 0.155 e. The smallest absolute Gasteiger partial charge is 0.155 e. The van der Waals surface area contributed by atoms with Crippen LogP contribution in [0, 0.1) is 17.2 Å². The lowest BCUT2D eigenvalue weighted by molar-refractivity contribution is -0.124. The van der Waals surface area contributed by atoms with Crippen molar-refractivity contribution in [2.75, 3.05) is 0 Å².